The van der Waals surface area contributed by atoms with Gasteiger partial charge in [-0.3, -0.25) is 0 Å². The number of para-hydroxylation sites is 1. The first-order valence-electron chi connectivity index (χ1n) is 6.67. The van der Waals surface area contributed by atoms with Gasteiger partial charge < -0.3 is 15.6 Å². The van der Waals surface area contributed by atoms with Gasteiger partial charge in [-0.1, -0.05) is 18.2 Å². The molecule has 1 heterocycles. The predicted octanol–water partition coefficient (Wildman–Crippen LogP) is 2.18. The average molecular weight is 243 g/mol. The van der Waals surface area contributed by atoms with Crippen LogP contribution in [-0.4, -0.2) is 17.7 Å². The van der Waals surface area contributed by atoms with E-state index in [2.05, 4.69) is 54.4 Å². The van der Waals surface area contributed by atoms with Crippen molar-refractivity contribution in [1.29, 1.82) is 0 Å². The van der Waals surface area contributed by atoms with Crippen LogP contribution in [0, 0.1) is 5.92 Å². The number of hydrogen-bond acceptors (Lipinski definition) is 2. The molecule has 0 amide bonds. The number of nitrogens with two attached hydrogens (primary N) is 1. The lowest BCUT2D eigenvalue weighted by Crippen LogP contribution is -2.42. The van der Waals surface area contributed by atoms with Crippen LogP contribution in [0.3, 0.4) is 0 Å². The number of aryl methyl sites for hydroxylation is 1. The van der Waals surface area contributed by atoms with Crippen LogP contribution in [0.15, 0.2) is 30.5 Å². The fourth-order valence-corrected chi connectivity index (χ4v) is 3.25. The van der Waals surface area contributed by atoms with E-state index in [1.54, 1.807) is 0 Å². The fraction of sp³-hybridized carbons (Fsp3) is 0.467. The van der Waals surface area contributed by atoms with Crippen LogP contribution in [0.4, 0.5) is 0 Å². The SMILES string of the molecule is CNC(c1cn(C)c2ccccc12)C1CC(N)C1. The van der Waals surface area contributed by atoms with Gasteiger partial charge in [0.25, 0.3) is 0 Å². The lowest BCUT2D eigenvalue weighted by atomic mass is 9.74. The maximum absolute atomic E-state index is 5.92. The first-order valence-corrected chi connectivity index (χ1v) is 6.67. The third-order valence-corrected chi connectivity index (χ3v) is 4.26. The van der Waals surface area contributed by atoms with E-state index in [1.807, 2.05) is 0 Å². The number of hydrogen-bond donors (Lipinski definition) is 2. The number of nitrogens with zero attached hydrogens (tertiary/aromatic N) is 1. The molecule has 3 rings (SSSR count). The molecule has 0 aliphatic heterocycles. The van der Waals surface area contributed by atoms with E-state index in [0.717, 1.165) is 12.8 Å². The van der Waals surface area contributed by atoms with Crippen LogP contribution in [0.5, 0.6) is 0 Å². The molecule has 1 atom stereocenters. The van der Waals surface area contributed by atoms with Crippen LogP contribution in [0.25, 0.3) is 10.9 Å². The lowest BCUT2D eigenvalue weighted by molar-refractivity contribution is 0.205. The zero-order chi connectivity index (χ0) is 12.7. The van der Waals surface area contributed by atoms with Crippen molar-refractivity contribution in [2.45, 2.75) is 24.9 Å². The Bertz CT molecular complexity index is 552. The highest BCUT2D eigenvalue weighted by molar-refractivity contribution is 5.84. The highest BCUT2D eigenvalue weighted by atomic mass is 15.0. The number of benzene rings is 1. The van der Waals surface area contributed by atoms with Crippen molar-refractivity contribution in [2.24, 2.45) is 18.7 Å². The standard InChI is InChI=1S/C15H21N3/c1-17-15(10-7-11(16)8-10)13-9-18(2)14-6-4-3-5-12(13)14/h3-6,9-11,15,17H,7-8,16H2,1-2H3. The molecular weight excluding hydrogens is 222 g/mol. The quantitative estimate of drug-likeness (QED) is 0.867. The second-order valence-electron chi connectivity index (χ2n) is 5.47. The molecule has 18 heavy (non-hydrogen) atoms. The Morgan fingerprint density at radius 3 is 2.72 bits per heavy atom. The predicted molar refractivity (Wildman–Crippen MR) is 75.4 cm³/mol. The molecule has 2 aromatic rings. The van der Waals surface area contributed by atoms with Gasteiger partial charge in [0.15, 0.2) is 0 Å². The molecular formula is C15H21N3. The summed E-state index contributed by atoms with van der Waals surface area (Å²) in [6, 6.07) is 9.44. The summed E-state index contributed by atoms with van der Waals surface area (Å²) in [4.78, 5) is 0. The smallest absolute Gasteiger partial charge is 0.0481 e. The molecule has 96 valence electrons. The molecule has 0 saturated heterocycles. The largest absolute Gasteiger partial charge is 0.350 e. The van der Waals surface area contributed by atoms with E-state index in [-0.39, 0.29) is 0 Å². The van der Waals surface area contributed by atoms with Gasteiger partial charge in [-0.25, -0.2) is 0 Å². The van der Waals surface area contributed by atoms with Crippen molar-refractivity contribution in [3.63, 3.8) is 0 Å². The average Bonchev–Trinajstić information content (AvgIpc) is 2.67. The highest BCUT2D eigenvalue weighted by Crippen LogP contribution is 2.39. The van der Waals surface area contributed by atoms with Crippen LogP contribution in [0.1, 0.15) is 24.4 Å². The number of rotatable bonds is 3. The molecule has 1 aliphatic rings. The summed E-state index contributed by atoms with van der Waals surface area (Å²) in [5, 5.41) is 4.84. The molecule has 1 aromatic heterocycles. The Morgan fingerprint density at radius 2 is 2.06 bits per heavy atom. The Kier molecular flexibility index (Phi) is 2.88. The topological polar surface area (TPSA) is 43.0 Å². The van der Waals surface area contributed by atoms with Gasteiger partial charge in [0, 0.05) is 36.2 Å². The van der Waals surface area contributed by atoms with Gasteiger partial charge in [-0.2, -0.15) is 0 Å². The lowest BCUT2D eigenvalue weighted by Gasteiger charge is -2.38. The normalized spacial score (nSPS) is 25.1. The maximum Gasteiger partial charge on any atom is 0.0481 e. The Labute approximate surface area is 108 Å². The van der Waals surface area contributed by atoms with E-state index >= 15 is 0 Å². The van der Waals surface area contributed by atoms with Crippen molar-refractivity contribution >= 4 is 10.9 Å². The van der Waals surface area contributed by atoms with Crippen LogP contribution < -0.4 is 11.1 Å². The monoisotopic (exact) mass is 243 g/mol. The van der Waals surface area contributed by atoms with Crippen LogP contribution in [0.2, 0.25) is 0 Å². The van der Waals surface area contributed by atoms with E-state index in [0.29, 0.717) is 18.0 Å². The summed E-state index contributed by atoms with van der Waals surface area (Å²) in [5.74, 6) is 0.677. The summed E-state index contributed by atoms with van der Waals surface area (Å²) in [6.45, 7) is 0. The summed E-state index contributed by atoms with van der Waals surface area (Å²) in [6.07, 6.45) is 4.53. The summed E-state index contributed by atoms with van der Waals surface area (Å²) >= 11 is 0. The second-order valence-corrected chi connectivity index (χ2v) is 5.47. The highest BCUT2D eigenvalue weighted by Gasteiger charge is 2.34. The number of aromatic nitrogens is 1. The molecule has 1 fully saturated rings. The minimum Gasteiger partial charge on any atom is -0.350 e. The molecule has 1 saturated carbocycles. The van der Waals surface area contributed by atoms with Crippen LogP contribution in [-0.2, 0) is 7.05 Å². The Balaban J connectivity index is 2.02. The van der Waals surface area contributed by atoms with Crippen molar-refractivity contribution in [3.05, 3.63) is 36.0 Å². The van der Waals surface area contributed by atoms with Crippen molar-refractivity contribution in [3.8, 4) is 0 Å². The summed E-state index contributed by atoms with van der Waals surface area (Å²) < 4.78 is 2.22. The van der Waals surface area contributed by atoms with E-state index in [4.69, 9.17) is 5.73 Å². The van der Waals surface area contributed by atoms with Crippen molar-refractivity contribution < 1.29 is 0 Å². The fourth-order valence-electron chi connectivity index (χ4n) is 3.25. The zero-order valence-corrected chi connectivity index (χ0v) is 11.1. The number of nitrogens with one attached hydrogen (secondary N) is 1. The van der Waals surface area contributed by atoms with Gasteiger partial charge in [0.2, 0.25) is 0 Å². The van der Waals surface area contributed by atoms with Gasteiger partial charge >= 0.3 is 0 Å². The molecule has 3 nitrogen and oxygen atoms in total. The van der Waals surface area contributed by atoms with Gasteiger partial charge in [-0.05, 0) is 37.4 Å². The van der Waals surface area contributed by atoms with Gasteiger partial charge in [0.05, 0.1) is 0 Å². The molecule has 3 heteroatoms. The molecule has 1 aromatic carbocycles. The van der Waals surface area contributed by atoms with E-state index < -0.39 is 0 Å². The maximum atomic E-state index is 5.92. The third kappa shape index (κ3) is 1.74. The zero-order valence-electron chi connectivity index (χ0n) is 11.1. The summed E-state index contributed by atoms with van der Waals surface area (Å²) in [7, 11) is 4.17. The van der Waals surface area contributed by atoms with Crippen LogP contribution >= 0.6 is 0 Å². The first kappa shape index (κ1) is 11.8. The second kappa shape index (κ2) is 4.41. The molecule has 0 spiro atoms. The van der Waals surface area contributed by atoms with E-state index in [9.17, 15) is 0 Å². The minimum absolute atomic E-state index is 0.404. The third-order valence-electron chi connectivity index (χ3n) is 4.26. The summed E-state index contributed by atoms with van der Waals surface area (Å²) in [5.41, 5.74) is 8.64. The van der Waals surface area contributed by atoms with Gasteiger partial charge in [-0.15, -0.1) is 0 Å². The van der Waals surface area contributed by atoms with Crippen molar-refractivity contribution in [1.82, 2.24) is 9.88 Å². The Hall–Kier alpha value is -1.32. The van der Waals surface area contributed by atoms with Gasteiger partial charge in [0.1, 0.15) is 0 Å². The minimum atomic E-state index is 0.404. The van der Waals surface area contributed by atoms with E-state index in [1.165, 1.54) is 16.5 Å². The first-order chi connectivity index (χ1) is 8.70. The molecule has 0 radical (unpaired) electrons. The van der Waals surface area contributed by atoms with Crippen molar-refractivity contribution in [2.75, 3.05) is 7.05 Å². The number of fused-ring (bicyclic) bond motifs is 1. The molecule has 1 aliphatic carbocycles. The molecule has 1 unspecified atom stereocenters. The molecule has 0 bridgehead atoms. The molecule has 3 N–H and O–H groups in total. The Morgan fingerprint density at radius 1 is 1.33 bits per heavy atom.